The average molecular weight is 236 g/mol. The molecule has 0 aliphatic carbocycles. The molecule has 3 heteroatoms. The Bertz CT molecular complexity index is 251. The van der Waals surface area contributed by atoms with Gasteiger partial charge in [-0.05, 0) is 57.9 Å². The minimum atomic E-state index is 0.821. The van der Waals surface area contributed by atoms with E-state index in [1.54, 1.807) is 6.08 Å². The van der Waals surface area contributed by atoms with Crippen LogP contribution in [0.3, 0.4) is 0 Å². The van der Waals surface area contributed by atoms with Gasteiger partial charge in [0.05, 0.1) is 0 Å². The SMILES string of the molecule is O=C/C=C/CN1CCC(N2CCCCC2)CC1. The molecule has 2 heterocycles. The van der Waals surface area contributed by atoms with E-state index in [0.717, 1.165) is 18.9 Å². The number of hydrogen-bond acceptors (Lipinski definition) is 3. The lowest BCUT2D eigenvalue weighted by Gasteiger charge is -2.40. The summed E-state index contributed by atoms with van der Waals surface area (Å²) in [6, 6.07) is 0.821. The van der Waals surface area contributed by atoms with Crippen LogP contribution in [0.4, 0.5) is 0 Å². The first-order valence-electron chi connectivity index (χ1n) is 6.97. The minimum absolute atomic E-state index is 0.821. The summed E-state index contributed by atoms with van der Waals surface area (Å²) in [5.74, 6) is 0. The van der Waals surface area contributed by atoms with E-state index in [-0.39, 0.29) is 0 Å². The molecule has 2 rings (SSSR count). The summed E-state index contributed by atoms with van der Waals surface area (Å²) in [6.07, 6.45) is 11.2. The molecule has 0 spiro atoms. The van der Waals surface area contributed by atoms with Crippen LogP contribution in [0.1, 0.15) is 32.1 Å². The number of hydrogen-bond donors (Lipinski definition) is 0. The second kappa shape index (κ2) is 6.92. The number of likely N-dealkylation sites (tertiary alicyclic amines) is 2. The number of rotatable bonds is 4. The summed E-state index contributed by atoms with van der Waals surface area (Å²) in [7, 11) is 0. The van der Waals surface area contributed by atoms with Crippen LogP contribution in [0, 0.1) is 0 Å². The number of carbonyl (C=O) groups is 1. The quantitative estimate of drug-likeness (QED) is 0.548. The number of aldehydes is 1. The first-order valence-corrected chi connectivity index (χ1v) is 6.97. The lowest BCUT2D eigenvalue weighted by Crippen LogP contribution is -2.46. The average Bonchev–Trinajstić information content (AvgIpc) is 2.41. The smallest absolute Gasteiger partial charge is 0.142 e. The molecule has 0 atom stereocenters. The molecule has 0 unspecified atom stereocenters. The van der Waals surface area contributed by atoms with Crippen LogP contribution in [0.15, 0.2) is 12.2 Å². The summed E-state index contributed by atoms with van der Waals surface area (Å²) < 4.78 is 0. The van der Waals surface area contributed by atoms with Crippen molar-refractivity contribution in [2.24, 2.45) is 0 Å². The number of carbonyl (C=O) groups excluding carboxylic acids is 1. The van der Waals surface area contributed by atoms with Gasteiger partial charge in [0.2, 0.25) is 0 Å². The lowest BCUT2D eigenvalue weighted by molar-refractivity contribution is -0.104. The van der Waals surface area contributed by atoms with Crippen LogP contribution in [0.2, 0.25) is 0 Å². The van der Waals surface area contributed by atoms with Gasteiger partial charge in [0.25, 0.3) is 0 Å². The maximum atomic E-state index is 10.2. The molecule has 0 aromatic carbocycles. The highest BCUT2D eigenvalue weighted by atomic mass is 16.1. The van der Waals surface area contributed by atoms with Gasteiger partial charge in [-0.3, -0.25) is 9.69 Å². The summed E-state index contributed by atoms with van der Waals surface area (Å²) in [4.78, 5) is 15.3. The molecule has 2 aliphatic rings. The Morgan fingerprint density at radius 2 is 1.71 bits per heavy atom. The van der Waals surface area contributed by atoms with Gasteiger partial charge < -0.3 is 4.90 Å². The van der Waals surface area contributed by atoms with Crippen molar-refractivity contribution in [1.29, 1.82) is 0 Å². The van der Waals surface area contributed by atoms with Gasteiger partial charge in [-0.15, -0.1) is 0 Å². The number of allylic oxidation sites excluding steroid dienone is 1. The predicted octanol–water partition coefficient (Wildman–Crippen LogP) is 1.69. The zero-order chi connectivity index (χ0) is 11.9. The lowest BCUT2D eigenvalue weighted by atomic mass is 10.00. The van der Waals surface area contributed by atoms with E-state index in [1.165, 1.54) is 58.3 Å². The molecule has 3 nitrogen and oxygen atoms in total. The first-order chi connectivity index (χ1) is 8.40. The molecular formula is C14H24N2O. The molecule has 0 saturated carbocycles. The molecule has 0 amide bonds. The second-order valence-electron chi connectivity index (χ2n) is 5.19. The third-order valence-corrected chi connectivity index (χ3v) is 4.04. The molecule has 2 fully saturated rings. The molecule has 0 N–H and O–H groups in total. The van der Waals surface area contributed by atoms with Gasteiger partial charge in [-0.1, -0.05) is 12.5 Å². The van der Waals surface area contributed by atoms with Gasteiger partial charge in [0.1, 0.15) is 6.29 Å². The van der Waals surface area contributed by atoms with Gasteiger partial charge in [-0.25, -0.2) is 0 Å². The molecule has 0 aromatic heterocycles. The topological polar surface area (TPSA) is 23.6 Å². The molecule has 96 valence electrons. The van der Waals surface area contributed by atoms with Crippen molar-refractivity contribution >= 4 is 6.29 Å². The van der Waals surface area contributed by atoms with Gasteiger partial charge >= 0.3 is 0 Å². The van der Waals surface area contributed by atoms with E-state index in [0.29, 0.717) is 0 Å². The molecule has 2 saturated heterocycles. The fraction of sp³-hybridized carbons (Fsp3) is 0.786. The monoisotopic (exact) mass is 236 g/mol. The maximum Gasteiger partial charge on any atom is 0.142 e. The van der Waals surface area contributed by atoms with Crippen LogP contribution < -0.4 is 0 Å². The first kappa shape index (κ1) is 12.8. The van der Waals surface area contributed by atoms with Crippen molar-refractivity contribution in [3.8, 4) is 0 Å². The Morgan fingerprint density at radius 1 is 1.00 bits per heavy atom. The normalized spacial score (nSPS) is 25.4. The van der Waals surface area contributed by atoms with E-state index in [1.807, 2.05) is 6.08 Å². The third kappa shape index (κ3) is 3.93. The molecule has 17 heavy (non-hydrogen) atoms. The van der Waals surface area contributed by atoms with Crippen molar-refractivity contribution in [1.82, 2.24) is 9.80 Å². The molecule has 0 aromatic rings. The van der Waals surface area contributed by atoms with Crippen LogP contribution in [0.25, 0.3) is 0 Å². The van der Waals surface area contributed by atoms with E-state index in [9.17, 15) is 4.79 Å². The van der Waals surface area contributed by atoms with E-state index < -0.39 is 0 Å². The zero-order valence-corrected chi connectivity index (χ0v) is 10.7. The molecule has 2 aliphatic heterocycles. The highest BCUT2D eigenvalue weighted by Crippen LogP contribution is 2.20. The van der Waals surface area contributed by atoms with Crippen LogP contribution in [-0.2, 0) is 4.79 Å². The van der Waals surface area contributed by atoms with Gasteiger partial charge in [-0.2, -0.15) is 0 Å². The van der Waals surface area contributed by atoms with Crippen molar-refractivity contribution in [2.45, 2.75) is 38.1 Å². The maximum absolute atomic E-state index is 10.2. The highest BCUT2D eigenvalue weighted by molar-refractivity contribution is 5.64. The van der Waals surface area contributed by atoms with Crippen molar-refractivity contribution in [3.05, 3.63) is 12.2 Å². The largest absolute Gasteiger partial charge is 0.300 e. The van der Waals surface area contributed by atoms with E-state index >= 15 is 0 Å². The van der Waals surface area contributed by atoms with E-state index in [2.05, 4.69) is 9.80 Å². The van der Waals surface area contributed by atoms with Crippen molar-refractivity contribution < 1.29 is 4.79 Å². The summed E-state index contributed by atoms with van der Waals surface area (Å²) in [5.41, 5.74) is 0. The van der Waals surface area contributed by atoms with Crippen LogP contribution in [-0.4, -0.2) is 54.9 Å². The Morgan fingerprint density at radius 3 is 2.35 bits per heavy atom. The van der Waals surface area contributed by atoms with Crippen LogP contribution in [0.5, 0.6) is 0 Å². The third-order valence-electron chi connectivity index (χ3n) is 4.04. The Kier molecular flexibility index (Phi) is 5.20. The highest BCUT2D eigenvalue weighted by Gasteiger charge is 2.24. The fourth-order valence-electron chi connectivity index (χ4n) is 3.02. The minimum Gasteiger partial charge on any atom is -0.300 e. The van der Waals surface area contributed by atoms with Crippen molar-refractivity contribution in [2.75, 3.05) is 32.7 Å². The predicted molar refractivity (Wildman–Crippen MR) is 70.1 cm³/mol. The van der Waals surface area contributed by atoms with Gasteiger partial charge in [0, 0.05) is 12.6 Å². The Balaban J connectivity index is 1.69. The summed E-state index contributed by atoms with van der Waals surface area (Å²) >= 11 is 0. The standard InChI is InChI=1S/C14H24N2O/c17-13-5-4-8-15-11-6-14(7-12-15)16-9-2-1-3-10-16/h4-5,13-14H,1-3,6-12H2/b5-4+. The second-order valence-corrected chi connectivity index (χ2v) is 5.19. The van der Waals surface area contributed by atoms with Gasteiger partial charge in [0.15, 0.2) is 0 Å². The number of piperidine rings is 2. The number of nitrogens with zero attached hydrogens (tertiary/aromatic N) is 2. The Hall–Kier alpha value is -0.670. The van der Waals surface area contributed by atoms with Crippen LogP contribution >= 0.6 is 0 Å². The molecular weight excluding hydrogens is 212 g/mol. The Labute approximate surface area is 104 Å². The zero-order valence-electron chi connectivity index (χ0n) is 10.7. The summed E-state index contributed by atoms with van der Waals surface area (Å²) in [6.45, 7) is 5.94. The fourth-order valence-corrected chi connectivity index (χ4v) is 3.02. The van der Waals surface area contributed by atoms with E-state index in [4.69, 9.17) is 0 Å². The molecule has 0 radical (unpaired) electrons. The molecule has 0 bridgehead atoms. The summed E-state index contributed by atoms with van der Waals surface area (Å²) in [5, 5.41) is 0. The van der Waals surface area contributed by atoms with Crippen molar-refractivity contribution in [3.63, 3.8) is 0 Å².